The van der Waals surface area contributed by atoms with Crippen LogP contribution in [0.4, 0.5) is 0 Å². The van der Waals surface area contributed by atoms with E-state index in [-0.39, 0.29) is 36.2 Å². The second-order valence-corrected chi connectivity index (χ2v) is 11.7. The van der Waals surface area contributed by atoms with Crippen LogP contribution in [-0.2, 0) is 28.6 Å². The van der Waals surface area contributed by atoms with Crippen molar-refractivity contribution in [3.63, 3.8) is 0 Å². The monoisotopic (exact) mass is 558 g/mol. The minimum absolute atomic E-state index is 0.0464. The van der Waals surface area contributed by atoms with Crippen LogP contribution in [0.15, 0.2) is 0 Å². The molecule has 8 nitrogen and oxygen atoms in total. The summed E-state index contributed by atoms with van der Waals surface area (Å²) in [5.74, 6) is -1.48. The molecule has 0 fully saturated rings. The van der Waals surface area contributed by atoms with E-state index in [1.54, 1.807) is 0 Å². The summed E-state index contributed by atoms with van der Waals surface area (Å²) in [6, 6.07) is -0.604. The Labute approximate surface area is 238 Å². The minimum atomic E-state index is -0.876. The van der Waals surface area contributed by atoms with Crippen LogP contribution in [0, 0.1) is 0 Å². The first-order valence-electron chi connectivity index (χ1n) is 15.6. The van der Waals surface area contributed by atoms with E-state index in [0.29, 0.717) is 19.3 Å². The van der Waals surface area contributed by atoms with Crippen LogP contribution in [0.3, 0.4) is 0 Å². The molecule has 0 aromatic heterocycles. The summed E-state index contributed by atoms with van der Waals surface area (Å²) >= 11 is 0. The van der Waals surface area contributed by atoms with Crippen LogP contribution >= 0.6 is 0 Å². The summed E-state index contributed by atoms with van der Waals surface area (Å²) in [5, 5.41) is 9.50. The van der Waals surface area contributed by atoms with Crippen molar-refractivity contribution in [2.75, 3.05) is 41.0 Å². The van der Waals surface area contributed by atoms with Gasteiger partial charge in [0.05, 0.1) is 34.4 Å². The molecule has 230 valence electrons. The summed E-state index contributed by atoms with van der Waals surface area (Å²) in [6.45, 7) is 4.61. The zero-order valence-electron chi connectivity index (χ0n) is 25.8. The molecule has 0 aliphatic carbocycles. The maximum atomic E-state index is 12.5. The van der Waals surface area contributed by atoms with Crippen LogP contribution < -0.4 is 0 Å². The fourth-order valence-electron chi connectivity index (χ4n) is 4.50. The van der Waals surface area contributed by atoms with Gasteiger partial charge in [-0.05, 0) is 12.8 Å². The first-order valence-corrected chi connectivity index (χ1v) is 15.6. The summed E-state index contributed by atoms with van der Waals surface area (Å²) < 4.78 is 17.0. The topological polar surface area (TPSA) is 99.1 Å². The highest BCUT2D eigenvalue weighted by atomic mass is 16.6. The molecule has 0 aromatic rings. The zero-order valence-corrected chi connectivity index (χ0v) is 25.8. The highest BCUT2D eigenvalue weighted by Crippen LogP contribution is 2.13. The molecule has 1 N–H and O–H groups in total. The number of quaternary nitrogens is 1. The summed E-state index contributed by atoms with van der Waals surface area (Å²) in [4.78, 5) is 36.2. The molecule has 0 amide bonds. The van der Waals surface area contributed by atoms with Gasteiger partial charge in [-0.15, -0.1) is 0 Å². The van der Waals surface area contributed by atoms with Gasteiger partial charge in [0.2, 0.25) is 0 Å². The lowest BCUT2D eigenvalue weighted by atomic mass is 10.1. The van der Waals surface area contributed by atoms with Crippen molar-refractivity contribution in [2.45, 2.75) is 142 Å². The van der Waals surface area contributed by atoms with Crippen LogP contribution in [-0.4, -0.2) is 80.6 Å². The Morgan fingerprint density at radius 3 is 1.59 bits per heavy atom. The predicted octanol–water partition coefficient (Wildman–Crippen LogP) is 6.68. The minimum Gasteiger partial charge on any atom is -0.477 e. The average molecular weight is 559 g/mol. The molecular weight excluding hydrogens is 498 g/mol. The molecule has 2 atom stereocenters. The Bertz CT molecular complexity index is 633. The van der Waals surface area contributed by atoms with Gasteiger partial charge in [-0.1, -0.05) is 97.3 Å². The number of carbonyl (C=O) groups excluding carboxylic acids is 2. The van der Waals surface area contributed by atoms with E-state index in [1.807, 2.05) is 21.1 Å². The number of carboxylic acid groups (broad SMARTS) is 1. The van der Waals surface area contributed by atoms with Crippen molar-refractivity contribution >= 4 is 17.9 Å². The van der Waals surface area contributed by atoms with Crippen LogP contribution in [0.2, 0.25) is 0 Å². The van der Waals surface area contributed by atoms with Gasteiger partial charge in [-0.3, -0.25) is 9.59 Å². The van der Waals surface area contributed by atoms with Gasteiger partial charge >= 0.3 is 17.9 Å². The molecule has 0 bridgehead atoms. The van der Waals surface area contributed by atoms with Gasteiger partial charge in [-0.2, -0.15) is 0 Å². The number of carboxylic acids is 1. The molecule has 0 radical (unpaired) electrons. The second kappa shape index (κ2) is 24.2. The van der Waals surface area contributed by atoms with Crippen molar-refractivity contribution in [1.29, 1.82) is 0 Å². The number of hydrogen-bond donors (Lipinski definition) is 1. The third kappa shape index (κ3) is 22.8. The van der Waals surface area contributed by atoms with Gasteiger partial charge in [0, 0.05) is 19.3 Å². The van der Waals surface area contributed by atoms with E-state index in [0.717, 1.165) is 44.9 Å². The second-order valence-electron chi connectivity index (χ2n) is 11.7. The van der Waals surface area contributed by atoms with Crippen molar-refractivity contribution < 1.29 is 38.2 Å². The quantitative estimate of drug-likeness (QED) is 0.0682. The number of hydrogen-bond acceptors (Lipinski definition) is 6. The molecule has 0 aliphatic heterocycles. The smallest absolute Gasteiger partial charge is 0.362 e. The summed E-state index contributed by atoms with van der Waals surface area (Å²) in [6.07, 6.45) is 17.5. The molecule has 0 aliphatic rings. The lowest BCUT2D eigenvalue weighted by Gasteiger charge is -2.31. The van der Waals surface area contributed by atoms with Gasteiger partial charge in [0.25, 0.3) is 0 Å². The molecule has 0 saturated carbocycles. The predicted molar refractivity (Wildman–Crippen MR) is 156 cm³/mol. The van der Waals surface area contributed by atoms with Crippen molar-refractivity contribution in [3.05, 3.63) is 0 Å². The Hall–Kier alpha value is -1.67. The summed E-state index contributed by atoms with van der Waals surface area (Å²) in [7, 11) is 5.50. The lowest BCUT2D eigenvalue weighted by Crippen LogP contribution is -2.50. The Morgan fingerprint density at radius 1 is 0.667 bits per heavy atom. The van der Waals surface area contributed by atoms with Crippen molar-refractivity contribution in [1.82, 2.24) is 0 Å². The van der Waals surface area contributed by atoms with E-state index in [4.69, 9.17) is 14.2 Å². The number of ether oxygens (including phenoxy) is 3. The maximum Gasteiger partial charge on any atom is 0.362 e. The third-order valence-corrected chi connectivity index (χ3v) is 7.01. The SMILES string of the molecule is CCCCCCCCCCCCC(=O)OC(COCCC(C(=O)O)[N+](C)(C)C)COC(=O)CCCCCCC. The van der Waals surface area contributed by atoms with Crippen LogP contribution in [0.25, 0.3) is 0 Å². The third-order valence-electron chi connectivity index (χ3n) is 7.01. The lowest BCUT2D eigenvalue weighted by molar-refractivity contribution is -0.887. The Kier molecular flexibility index (Phi) is 23.1. The van der Waals surface area contributed by atoms with Crippen LogP contribution in [0.1, 0.15) is 129 Å². The fraction of sp³-hybridized carbons (Fsp3) is 0.903. The number of unbranched alkanes of at least 4 members (excludes halogenated alkanes) is 13. The van der Waals surface area contributed by atoms with Crippen LogP contribution in [0.5, 0.6) is 0 Å². The Balaban J connectivity index is 4.48. The first kappa shape index (κ1) is 37.3. The largest absolute Gasteiger partial charge is 0.477 e. The molecule has 2 unspecified atom stereocenters. The molecule has 0 spiro atoms. The number of rotatable bonds is 27. The van der Waals surface area contributed by atoms with Gasteiger partial charge in [-0.25, -0.2) is 4.79 Å². The molecule has 0 heterocycles. The van der Waals surface area contributed by atoms with Gasteiger partial charge in [0.1, 0.15) is 6.61 Å². The van der Waals surface area contributed by atoms with E-state index in [9.17, 15) is 19.5 Å². The Morgan fingerprint density at radius 2 is 1.13 bits per heavy atom. The fourth-order valence-corrected chi connectivity index (χ4v) is 4.50. The molecule has 39 heavy (non-hydrogen) atoms. The molecule has 0 saturated heterocycles. The van der Waals surface area contributed by atoms with E-state index in [1.165, 1.54) is 51.4 Å². The zero-order chi connectivity index (χ0) is 29.4. The highest BCUT2D eigenvalue weighted by molar-refractivity contribution is 5.72. The standard InChI is InChI=1S/C31H59NO7/c1-6-8-10-12-13-14-15-16-18-20-22-30(34)39-27(26-38-29(33)21-19-17-11-9-7-2)25-37-24-23-28(31(35)36)32(3,4)5/h27-28H,6-26H2,1-5H3/p+1. The molecule has 0 rings (SSSR count). The number of nitrogens with zero attached hydrogens (tertiary/aromatic N) is 1. The van der Waals surface area contributed by atoms with Crippen molar-refractivity contribution in [3.8, 4) is 0 Å². The van der Waals surface area contributed by atoms with Gasteiger partial charge < -0.3 is 23.8 Å². The van der Waals surface area contributed by atoms with Gasteiger partial charge in [0.15, 0.2) is 12.1 Å². The number of likely N-dealkylation sites (N-methyl/N-ethyl adjacent to an activating group) is 1. The maximum absolute atomic E-state index is 12.5. The molecular formula is C31H60NO7+. The number of esters is 2. The first-order chi connectivity index (χ1) is 18.6. The molecule has 8 heteroatoms. The number of aliphatic carboxylic acids is 1. The van der Waals surface area contributed by atoms with Crippen molar-refractivity contribution in [2.24, 2.45) is 0 Å². The van der Waals surface area contributed by atoms with E-state index in [2.05, 4.69) is 13.8 Å². The van der Waals surface area contributed by atoms with E-state index < -0.39 is 18.1 Å². The van der Waals surface area contributed by atoms with E-state index >= 15 is 0 Å². The highest BCUT2D eigenvalue weighted by Gasteiger charge is 2.31. The normalized spacial score (nSPS) is 13.2. The number of carbonyl (C=O) groups is 3. The average Bonchev–Trinajstić information content (AvgIpc) is 2.86. The molecule has 0 aromatic carbocycles. The summed E-state index contributed by atoms with van der Waals surface area (Å²) in [5.41, 5.74) is 0.